The molecule has 1 unspecified atom stereocenters. The average molecular weight is 301 g/mol. The molecule has 0 bridgehead atoms. The highest BCUT2D eigenvalue weighted by Gasteiger charge is 2.33. The molecule has 2 heterocycles. The van der Waals surface area contributed by atoms with Gasteiger partial charge in [0.2, 0.25) is 5.91 Å². The van der Waals surface area contributed by atoms with Gasteiger partial charge in [0.25, 0.3) is 0 Å². The highest BCUT2D eigenvalue weighted by molar-refractivity contribution is 5.94. The van der Waals surface area contributed by atoms with Crippen LogP contribution in [0.5, 0.6) is 0 Å². The van der Waals surface area contributed by atoms with Gasteiger partial charge in [-0.05, 0) is 51.5 Å². The first kappa shape index (κ1) is 14.8. The lowest BCUT2D eigenvalue weighted by Gasteiger charge is -2.21. The molecule has 0 saturated carbocycles. The van der Waals surface area contributed by atoms with Gasteiger partial charge in [0, 0.05) is 29.4 Å². The Balaban J connectivity index is 1.94. The van der Waals surface area contributed by atoms with Crippen LogP contribution in [0.15, 0.2) is 24.3 Å². The number of amides is 1. The van der Waals surface area contributed by atoms with Crippen molar-refractivity contribution in [2.45, 2.75) is 39.3 Å². The minimum absolute atomic E-state index is 0.106. The summed E-state index contributed by atoms with van der Waals surface area (Å²) in [6, 6.07) is 6.35. The third kappa shape index (κ3) is 2.63. The Morgan fingerprint density at radius 1 is 1.36 bits per heavy atom. The van der Waals surface area contributed by atoms with E-state index in [1.807, 2.05) is 31.7 Å². The number of aryl methyl sites for hydroxylation is 1. The van der Waals surface area contributed by atoms with Gasteiger partial charge in [0.15, 0.2) is 0 Å². The van der Waals surface area contributed by atoms with Crippen molar-refractivity contribution in [2.24, 2.45) is 0 Å². The molecule has 22 heavy (non-hydrogen) atoms. The number of fused-ring (bicyclic) bond motifs is 1. The molecule has 3 rings (SSSR count). The van der Waals surface area contributed by atoms with Crippen LogP contribution in [0.25, 0.3) is 10.9 Å². The zero-order valence-electron chi connectivity index (χ0n) is 13.1. The number of nitrogens with zero attached hydrogens (tertiary/aromatic N) is 2. The molecule has 1 aliphatic rings. The third-order valence-electron chi connectivity index (χ3n) is 4.09. The van der Waals surface area contributed by atoms with Crippen molar-refractivity contribution in [1.29, 1.82) is 0 Å². The third-order valence-corrected chi connectivity index (χ3v) is 4.09. The number of aromatic nitrogens is 1. The van der Waals surface area contributed by atoms with Crippen LogP contribution in [0.3, 0.4) is 0 Å². The van der Waals surface area contributed by atoms with E-state index in [-0.39, 0.29) is 23.8 Å². The number of nitrogens with one attached hydrogen (secondary N) is 1. The SMILES string of the molecule is Cc1cc(NC2CCN(C(C)C)C2=O)c2cc(F)ccc2n1. The summed E-state index contributed by atoms with van der Waals surface area (Å²) in [5.41, 5.74) is 2.34. The second-order valence-electron chi connectivity index (χ2n) is 6.08. The fraction of sp³-hybridized carbons (Fsp3) is 0.412. The number of benzene rings is 1. The summed E-state index contributed by atoms with van der Waals surface area (Å²) in [7, 11) is 0. The van der Waals surface area contributed by atoms with E-state index in [4.69, 9.17) is 0 Å². The number of anilines is 1. The Bertz CT molecular complexity index is 729. The minimum atomic E-state index is -0.303. The number of likely N-dealkylation sites (tertiary alicyclic amines) is 1. The molecule has 5 heteroatoms. The Morgan fingerprint density at radius 3 is 2.82 bits per heavy atom. The maximum atomic E-state index is 13.5. The zero-order valence-corrected chi connectivity index (χ0v) is 13.1. The molecule has 1 fully saturated rings. The molecule has 1 saturated heterocycles. The summed E-state index contributed by atoms with van der Waals surface area (Å²) in [4.78, 5) is 18.7. The monoisotopic (exact) mass is 301 g/mol. The lowest BCUT2D eigenvalue weighted by molar-refractivity contribution is -0.129. The van der Waals surface area contributed by atoms with Gasteiger partial charge < -0.3 is 10.2 Å². The largest absolute Gasteiger partial charge is 0.373 e. The second kappa shape index (κ2) is 5.55. The van der Waals surface area contributed by atoms with Crippen molar-refractivity contribution in [1.82, 2.24) is 9.88 Å². The van der Waals surface area contributed by atoms with Crippen LogP contribution in [0.4, 0.5) is 10.1 Å². The van der Waals surface area contributed by atoms with E-state index in [1.54, 1.807) is 6.07 Å². The topological polar surface area (TPSA) is 45.2 Å². The Kier molecular flexibility index (Phi) is 3.72. The van der Waals surface area contributed by atoms with E-state index < -0.39 is 0 Å². The fourth-order valence-corrected chi connectivity index (χ4v) is 2.99. The van der Waals surface area contributed by atoms with Crippen LogP contribution in [0.2, 0.25) is 0 Å². The summed E-state index contributed by atoms with van der Waals surface area (Å²) in [6.45, 7) is 6.68. The molecule has 116 valence electrons. The van der Waals surface area contributed by atoms with Crippen LogP contribution in [0, 0.1) is 12.7 Å². The minimum Gasteiger partial charge on any atom is -0.373 e. The van der Waals surface area contributed by atoms with Crippen molar-refractivity contribution in [3.8, 4) is 0 Å². The number of pyridine rings is 1. The standard InChI is InChI=1S/C17H20FN3O/c1-10(2)21-7-6-15(17(21)22)20-16-8-11(3)19-14-5-4-12(18)9-13(14)16/h4-5,8-10,15H,6-7H2,1-3H3,(H,19,20). The number of rotatable bonds is 3. The number of carbonyl (C=O) groups excluding carboxylic acids is 1. The van der Waals surface area contributed by atoms with E-state index in [0.717, 1.165) is 29.9 Å². The maximum Gasteiger partial charge on any atom is 0.245 e. The summed E-state index contributed by atoms with van der Waals surface area (Å²) in [6.07, 6.45) is 0.759. The van der Waals surface area contributed by atoms with Gasteiger partial charge in [0.1, 0.15) is 11.9 Å². The predicted octanol–water partition coefficient (Wildman–Crippen LogP) is 3.10. The van der Waals surface area contributed by atoms with E-state index in [9.17, 15) is 9.18 Å². The molecule has 2 aromatic rings. The quantitative estimate of drug-likeness (QED) is 0.947. The van der Waals surface area contributed by atoms with E-state index in [1.165, 1.54) is 12.1 Å². The number of hydrogen-bond donors (Lipinski definition) is 1. The van der Waals surface area contributed by atoms with Gasteiger partial charge in [-0.2, -0.15) is 0 Å². The molecular weight excluding hydrogens is 281 g/mol. The lowest BCUT2D eigenvalue weighted by Crippen LogP contribution is -2.37. The van der Waals surface area contributed by atoms with Crippen molar-refractivity contribution in [3.05, 3.63) is 35.8 Å². The molecule has 0 radical (unpaired) electrons. The maximum absolute atomic E-state index is 13.5. The molecule has 1 atom stereocenters. The van der Waals surface area contributed by atoms with Gasteiger partial charge in [-0.25, -0.2) is 4.39 Å². The highest BCUT2D eigenvalue weighted by atomic mass is 19.1. The van der Waals surface area contributed by atoms with Gasteiger partial charge in [-0.15, -0.1) is 0 Å². The van der Waals surface area contributed by atoms with Gasteiger partial charge in [-0.1, -0.05) is 0 Å². The average Bonchev–Trinajstić information content (AvgIpc) is 2.81. The molecule has 0 spiro atoms. The van der Waals surface area contributed by atoms with E-state index in [2.05, 4.69) is 10.3 Å². The zero-order chi connectivity index (χ0) is 15.9. The molecule has 4 nitrogen and oxygen atoms in total. The van der Waals surface area contributed by atoms with Crippen LogP contribution >= 0.6 is 0 Å². The molecule has 0 aliphatic carbocycles. The summed E-state index contributed by atoms with van der Waals surface area (Å²) >= 11 is 0. The van der Waals surface area contributed by atoms with Crippen LogP contribution in [0.1, 0.15) is 26.0 Å². The summed E-state index contributed by atoms with van der Waals surface area (Å²) in [5.74, 6) is -0.197. The molecular formula is C17H20FN3O. The number of carbonyl (C=O) groups is 1. The number of halogens is 1. The normalized spacial score (nSPS) is 18.5. The van der Waals surface area contributed by atoms with Crippen molar-refractivity contribution >= 4 is 22.5 Å². The molecule has 1 N–H and O–H groups in total. The first-order valence-electron chi connectivity index (χ1n) is 7.59. The van der Waals surface area contributed by atoms with Gasteiger partial charge >= 0.3 is 0 Å². The number of hydrogen-bond acceptors (Lipinski definition) is 3. The Labute approximate surface area is 129 Å². The molecule has 1 aromatic heterocycles. The Morgan fingerprint density at radius 2 is 2.14 bits per heavy atom. The van der Waals surface area contributed by atoms with Crippen molar-refractivity contribution < 1.29 is 9.18 Å². The van der Waals surface area contributed by atoms with E-state index in [0.29, 0.717) is 5.39 Å². The van der Waals surface area contributed by atoms with Crippen molar-refractivity contribution in [3.63, 3.8) is 0 Å². The van der Waals surface area contributed by atoms with Gasteiger partial charge in [-0.3, -0.25) is 9.78 Å². The summed E-state index contributed by atoms with van der Waals surface area (Å²) < 4.78 is 13.5. The smallest absolute Gasteiger partial charge is 0.245 e. The molecule has 1 aliphatic heterocycles. The van der Waals surface area contributed by atoms with Gasteiger partial charge in [0.05, 0.1) is 5.52 Å². The second-order valence-corrected chi connectivity index (χ2v) is 6.08. The molecule has 1 aromatic carbocycles. The van der Waals surface area contributed by atoms with Crippen LogP contribution in [-0.4, -0.2) is 34.4 Å². The van der Waals surface area contributed by atoms with Crippen LogP contribution < -0.4 is 5.32 Å². The van der Waals surface area contributed by atoms with E-state index >= 15 is 0 Å². The highest BCUT2D eigenvalue weighted by Crippen LogP contribution is 2.27. The van der Waals surface area contributed by atoms with Crippen LogP contribution in [-0.2, 0) is 4.79 Å². The first-order chi connectivity index (χ1) is 10.5. The fourth-order valence-electron chi connectivity index (χ4n) is 2.99. The lowest BCUT2D eigenvalue weighted by atomic mass is 10.1. The first-order valence-corrected chi connectivity index (χ1v) is 7.59. The Hall–Kier alpha value is -2.17. The summed E-state index contributed by atoms with van der Waals surface area (Å²) in [5, 5.41) is 4.00. The molecule has 1 amide bonds. The van der Waals surface area contributed by atoms with Crippen molar-refractivity contribution in [2.75, 3.05) is 11.9 Å². The predicted molar refractivity (Wildman–Crippen MR) is 85.3 cm³/mol.